The maximum Gasteiger partial charge on any atom is 0.259 e. The molecule has 3 amide bonds. The Kier molecular flexibility index (Phi) is 9.31. The van der Waals surface area contributed by atoms with Crippen LogP contribution in [0.1, 0.15) is 65.2 Å². The topological polar surface area (TPSA) is 160 Å². The molecule has 3 fully saturated rings. The molecule has 6 atom stereocenters. The molecule has 2 aromatic rings. The lowest BCUT2D eigenvalue weighted by Gasteiger charge is -2.27. The minimum Gasteiger partial charge on any atom is -0.497 e. The van der Waals surface area contributed by atoms with Gasteiger partial charge in [-0.2, -0.15) is 4.98 Å². The van der Waals surface area contributed by atoms with Gasteiger partial charge in [0.05, 0.1) is 29.8 Å². The summed E-state index contributed by atoms with van der Waals surface area (Å²) in [6.45, 7) is 4.37. The number of allylic oxidation sites excluding steroid dienone is 1. The highest BCUT2D eigenvalue weighted by Gasteiger charge is 2.62. The molecule has 2 aliphatic carbocycles. The van der Waals surface area contributed by atoms with Crippen LogP contribution in [-0.4, -0.2) is 91.7 Å². The van der Waals surface area contributed by atoms with Crippen molar-refractivity contribution in [1.82, 2.24) is 24.9 Å². The lowest BCUT2D eigenvalue weighted by Crippen LogP contribution is -2.56. The fourth-order valence-electron chi connectivity index (χ4n) is 6.96. The number of anilines is 1. The van der Waals surface area contributed by atoms with Crippen molar-refractivity contribution < 1.29 is 32.3 Å². The maximum atomic E-state index is 14.1. The first-order chi connectivity index (χ1) is 22.8. The number of benzene rings is 1. The van der Waals surface area contributed by atoms with Crippen molar-refractivity contribution >= 4 is 44.6 Å². The van der Waals surface area contributed by atoms with Crippen molar-refractivity contribution in [3.63, 3.8) is 0 Å². The zero-order valence-corrected chi connectivity index (χ0v) is 29.1. The highest BCUT2D eigenvalue weighted by molar-refractivity contribution is 7.91. The van der Waals surface area contributed by atoms with Crippen LogP contribution in [0.4, 0.5) is 5.95 Å². The lowest BCUT2D eigenvalue weighted by molar-refractivity contribution is -0.140. The SMILES string of the molecule is COc1ccc2c(OC3CC4C(=O)NC5(C(=O)NS(=O)(=O)C6CC6)CC5C=CCCC(C)CC(C)CC(=O)N4C3)nc(N(C)C)nc2c1. The summed E-state index contributed by atoms with van der Waals surface area (Å²) in [5.74, 6) is 0.0959. The molecule has 1 saturated heterocycles. The van der Waals surface area contributed by atoms with E-state index in [1.165, 1.54) is 0 Å². The summed E-state index contributed by atoms with van der Waals surface area (Å²) in [5, 5.41) is 2.99. The molecule has 3 heterocycles. The molecular formula is C34H46N6O7S. The predicted octanol–water partition coefficient (Wildman–Crippen LogP) is 2.94. The summed E-state index contributed by atoms with van der Waals surface area (Å²) in [6, 6.07) is 4.48. The molecule has 1 aromatic carbocycles. The van der Waals surface area contributed by atoms with Gasteiger partial charge in [-0.05, 0) is 62.5 Å². The van der Waals surface area contributed by atoms with Crippen LogP contribution in [0.25, 0.3) is 10.9 Å². The fraction of sp³-hybridized carbons (Fsp3) is 0.618. The number of nitrogens with one attached hydrogen (secondary N) is 2. The number of carbonyl (C=O) groups excluding carboxylic acids is 3. The largest absolute Gasteiger partial charge is 0.497 e. The second-order valence-electron chi connectivity index (χ2n) is 14.2. The zero-order chi connectivity index (χ0) is 34.4. The van der Waals surface area contributed by atoms with Crippen molar-refractivity contribution in [1.29, 1.82) is 0 Å². The average Bonchev–Trinajstić information content (AvgIpc) is 3.95. The number of hydrogen-bond acceptors (Lipinski definition) is 10. The second-order valence-corrected chi connectivity index (χ2v) is 16.2. The van der Waals surface area contributed by atoms with Gasteiger partial charge in [0.2, 0.25) is 33.7 Å². The molecule has 6 rings (SSSR count). The first kappa shape index (κ1) is 33.9. The van der Waals surface area contributed by atoms with Crippen molar-refractivity contribution in [2.45, 2.75) is 88.1 Å². The number of aromatic nitrogens is 2. The third kappa shape index (κ3) is 7.08. The van der Waals surface area contributed by atoms with E-state index >= 15 is 0 Å². The van der Waals surface area contributed by atoms with E-state index < -0.39 is 44.8 Å². The van der Waals surface area contributed by atoms with E-state index in [4.69, 9.17) is 9.47 Å². The quantitative estimate of drug-likeness (QED) is 0.416. The minimum absolute atomic E-state index is 0.104. The maximum absolute atomic E-state index is 14.1. The zero-order valence-electron chi connectivity index (χ0n) is 28.3. The van der Waals surface area contributed by atoms with Crippen LogP contribution in [0.2, 0.25) is 0 Å². The van der Waals surface area contributed by atoms with Crippen molar-refractivity contribution in [3.8, 4) is 11.6 Å². The molecule has 48 heavy (non-hydrogen) atoms. The van der Waals surface area contributed by atoms with Gasteiger partial charge in [-0.3, -0.25) is 19.1 Å². The first-order valence-electron chi connectivity index (χ1n) is 16.8. The number of carbonyl (C=O) groups is 3. The second kappa shape index (κ2) is 13.2. The van der Waals surface area contributed by atoms with Gasteiger partial charge < -0.3 is 24.6 Å². The van der Waals surface area contributed by atoms with Crippen LogP contribution in [0.5, 0.6) is 11.6 Å². The predicted molar refractivity (Wildman–Crippen MR) is 180 cm³/mol. The molecule has 13 nitrogen and oxygen atoms in total. The van der Waals surface area contributed by atoms with Gasteiger partial charge in [-0.25, -0.2) is 13.4 Å². The molecule has 2 N–H and O–H groups in total. The Morgan fingerprint density at radius 3 is 2.58 bits per heavy atom. The molecule has 1 aromatic heterocycles. The molecular weight excluding hydrogens is 636 g/mol. The number of fused-ring (bicyclic) bond motifs is 3. The van der Waals surface area contributed by atoms with Crippen LogP contribution < -0.4 is 24.4 Å². The molecule has 0 radical (unpaired) electrons. The molecule has 2 saturated carbocycles. The summed E-state index contributed by atoms with van der Waals surface area (Å²) in [4.78, 5) is 54.2. The van der Waals surface area contributed by atoms with E-state index in [1.54, 1.807) is 29.0 Å². The van der Waals surface area contributed by atoms with Gasteiger partial charge in [0, 0.05) is 38.9 Å². The number of hydrogen-bond donors (Lipinski definition) is 2. The van der Waals surface area contributed by atoms with E-state index in [-0.39, 0.29) is 43.6 Å². The van der Waals surface area contributed by atoms with Crippen molar-refractivity contribution in [2.24, 2.45) is 17.8 Å². The Morgan fingerprint density at radius 1 is 1.10 bits per heavy atom. The van der Waals surface area contributed by atoms with Gasteiger partial charge in [-0.1, -0.05) is 26.0 Å². The number of amides is 3. The molecule has 0 spiro atoms. The van der Waals surface area contributed by atoms with Crippen LogP contribution in [0, 0.1) is 17.8 Å². The highest BCUT2D eigenvalue weighted by Crippen LogP contribution is 2.46. The molecule has 14 heteroatoms. The smallest absolute Gasteiger partial charge is 0.259 e. The molecule has 2 aliphatic heterocycles. The molecule has 260 valence electrons. The Hall–Kier alpha value is -3.94. The Bertz CT molecular complexity index is 1730. The Balaban J connectivity index is 1.30. The Labute approximate surface area is 281 Å². The third-order valence-corrected chi connectivity index (χ3v) is 11.7. The van der Waals surface area contributed by atoms with Gasteiger partial charge in [-0.15, -0.1) is 0 Å². The number of sulfonamides is 1. The summed E-state index contributed by atoms with van der Waals surface area (Å²) in [5.41, 5.74) is -0.792. The van der Waals surface area contributed by atoms with Gasteiger partial charge >= 0.3 is 0 Å². The molecule has 0 bridgehead atoms. The number of ether oxygens (including phenoxy) is 2. The third-order valence-electron chi connectivity index (χ3n) is 9.91. The standard InChI is InChI=1S/C34H46N6O7S/c1-20-8-6-7-9-22-18-34(22,32(43)38-48(44,45)25-11-12-25)37-30(42)28-17-24(19-40(28)29(41)15-21(2)14-20)47-31-26-13-10-23(46-5)16-27(26)35-33(36-31)39(3)4/h7,9-10,13,16,20-22,24-25,28H,6,8,11-12,14-15,17-19H2,1-5H3,(H,37,42)(H,38,43). The number of rotatable bonds is 7. The minimum atomic E-state index is -3.83. The number of nitrogens with zero attached hydrogens (tertiary/aromatic N) is 4. The average molecular weight is 683 g/mol. The summed E-state index contributed by atoms with van der Waals surface area (Å²) < 4.78 is 39.6. The van der Waals surface area contributed by atoms with E-state index in [9.17, 15) is 22.8 Å². The van der Waals surface area contributed by atoms with Gasteiger partial charge in [0.15, 0.2) is 0 Å². The molecule has 6 unspecified atom stereocenters. The van der Waals surface area contributed by atoms with E-state index in [0.717, 1.165) is 19.3 Å². The van der Waals surface area contributed by atoms with E-state index in [0.29, 0.717) is 47.2 Å². The monoisotopic (exact) mass is 682 g/mol. The van der Waals surface area contributed by atoms with E-state index in [2.05, 4.69) is 33.9 Å². The number of methoxy groups -OCH3 is 1. The fourth-order valence-corrected chi connectivity index (χ4v) is 8.33. The lowest BCUT2D eigenvalue weighted by atomic mass is 9.91. The highest BCUT2D eigenvalue weighted by atomic mass is 32.2. The normalized spacial score (nSPS) is 29.6. The summed E-state index contributed by atoms with van der Waals surface area (Å²) in [6.07, 6.45) is 7.65. The van der Waals surface area contributed by atoms with Gasteiger partial charge in [0.1, 0.15) is 23.4 Å². The van der Waals surface area contributed by atoms with Crippen LogP contribution in [0.3, 0.4) is 0 Å². The Morgan fingerprint density at radius 2 is 1.88 bits per heavy atom. The van der Waals surface area contributed by atoms with Crippen LogP contribution in [-0.2, 0) is 24.4 Å². The van der Waals surface area contributed by atoms with Crippen molar-refractivity contribution in [3.05, 3.63) is 30.4 Å². The summed E-state index contributed by atoms with van der Waals surface area (Å²) >= 11 is 0. The molecule has 4 aliphatic rings. The first-order valence-corrected chi connectivity index (χ1v) is 18.4. The summed E-state index contributed by atoms with van der Waals surface area (Å²) in [7, 11) is 1.40. The van der Waals surface area contributed by atoms with E-state index in [1.807, 2.05) is 32.3 Å². The van der Waals surface area contributed by atoms with Crippen LogP contribution in [0.15, 0.2) is 30.4 Å². The van der Waals surface area contributed by atoms with Crippen LogP contribution >= 0.6 is 0 Å². The van der Waals surface area contributed by atoms with Crippen molar-refractivity contribution in [2.75, 3.05) is 32.6 Å². The van der Waals surface area contributed by atoms with Gasteiger partial charge in [0.25, 0.3) is 5.91 Å².